The van der Waals surface area contributed by atoms with E-state index in [2.05, 4.69) is 41.3 Å². The highest BCUT2D eigenvalue weighted by Crippen LogP contribution is 2.21. The van der Waals surface area contributed by atoms with Gasteiger partial charge in [-0.3, -0.25) is 9.78 Å². The number of hydrogen-bond acceptors (Lipinski definition) is 2. The van der Waals surface area contributed by atoms with Gasteiger partial charge in [-0.1, -0.05) is 38.1 Å². The predicted molar refractivity (Wildman–Crippen MR) is 101 cm³/mol. The molecular weight excluding hydrogens is 310 g/mol. The number of hydrogen-bond donors (Lipinski definition) is 2. The van der Waals surface area contributed by atoms with Crippen molar-refractivity contribution in [1.29, 1.82) is 0 Å². The molecule has 1 atom stereocenters. The SMILES string of the molecule is CC(C)C(NC(=O)CCCc1c[nH]c2ccccc12)c1ccccn1. The lowest BCUT2D eigenvalue weighted by Crippen LogP contribution is -2.32. The number of benzene rings is 1. The second-order valence-corrected chi connectivity index (χ2v) is 6.76. The quantitative estimate of drug-likeness (QED) is 0.672. The zero-order valence-electron chi connectivity index (χ0n) is 14.8. The van der Waals surface area contributed by atoms with Crippen LogP contribution in [0.15, 0.2) is 54.9 Å². The van der Waals surface area contributed by atoms with Crippen molar-refractivity contribution >= 4 is 16.8 Å². The van der Waals surface area contributed by atoms with Crippen molar-refractivity contribution < 1.29 is 4.79 Å². The summed E-state index contributed by atoms with van der Waals surface area (Å²) in [6.45, 7) is 4.21. The van der Waals surface area contributed by atoms with Gasteiger partial charge in [0, 0.05) is 29.7 Å². The molecule has 0 saturated heterocycles. The summed E-state index contributed by atoms with van der Waals surface area (Å²) in [5, 5.41) is 4.39. The molecule has 0 aliphatic rings. The molecule has 4 nitrogen and oxygen atoms in total. The van der Waals surface area contributed by atoms with Crippen molar-refractivity contribution in [2.45, 2.75) is 39.2 Å². The minimum atomic E-state index is -0.0400. The Morgan fingerprint density at radius 2 is 1.96 bits per heavy atom. The molecule has 0 saturated carbocycles. The lowest BCUT2D eigenvalue weighted by molar-refractivity contribution is -0.122. The van der Waals surface area contributed by atoms with E-state index < -0.39 is 0 Å². The summed E-state index contributed by atoms with van der Waals surface area (Å²) >= 11 is 0. The van der Waals surface area contributed by atoms with Gasteiger partial charge < -0.3 is 10.3 Å². The number of aryl methyl sites for hydroxylation is 1. The third-order valence-corrected chi connectivity index (χ3v) is 4.51. The van der Waals surface area contributed by atoms with Gasteiger partial charge in [-0.15, -0.1) is 0 Å². The summed E-state index contributed by atoms with van der Waals surface area (Å²) in [6.07, 6.45) is 6.07. The van der Waals surface area contributed by atoms with E-state index in [-0.39, 0.29) is 11.9 Å². The third kappa shape index (κ3) is 4.27. The van der Waals surface area contributed by atoms with Gasteiger partial charge in [-0.25, -0.2) is 0 Å². The molecule has 0 aliphatic heterocycles. The van der Waals surface area contributed by atoms with Crippen LogP contribution in [0.3, 0.4) is 0 Å². The Hall–Kier alpha value is -2.62. The molecule has 4 heteroatoms. The van der Waals surface area contributed by atoms with Gasteiger partial charge in [0.2, 0.25) is 5.91 Å². The number of nitrogens with zero attached hydrogens (tertiary/aromatic N) is 1. The zero-order chi connectivity index (χ0) is 17.6. The maximum atomic E-state index is 12.4. The van der Waals surface area contributed by atoms with Crippen molar-refractivity contribution in [3.8, 4) is 0 Å². The first-order valence-electron chi connectivity index (χ1n) is 8.90. The number of H-pyrrole nitrogens is 1. The second-order valence-electron chi connectivity index (χ2n) is 6.76. The average Bonchev–Trinajstić information content (AvgIpc) is 3.03. The largest absolute Gasteiger partial charge is 0.361 e. The molecule has 0 fully saturated rings. The van der Waals surface area contributed by atoms with Crippen molar-refractivity contribution in [1.82, 2.24) is 15.3 Å². The van der Waals surface area contributed by atoms with E-state index in [4.69, 9.17) is 0 Å². The number of carbonyl (C=O) groups excluding carboxylic acids is 1. The molecule has 130 valence electrons. The summed E-state index contributed by atoms with van der Waals surface area (Å²) < 4.78 is 0. The number of aromatic nitrogens is 2. The minimum absolute atomic E-state index is 0.0400. The molecule has 3 aromatic rings. The standard InChI is InChI=1S/C21H25N3O/c1-15(2)21(19-11-5-6-13-22-19)24-20(25)12-7-8-16-14-23-18-10-4-3-9-17(16)18/h3-6,9-11,13-15,21,23H,7-8,12H2,1-2H3,(H,24,25). The van der Waals surface area contributed by atoms with Crippen LogP contribution in [0.5, 0.6) is 0 Å². The van der Waals surface area contributed by atoms with Crippen molar-refractivity contribution in [3.05, 3.63) is 66.1 Å². The number of fused-ring (bicyclic) bond motifs is 1. The smallest absolute Gasteiger partial charge is 0.220 e. The highest BCUT2D eigenvalue weighted by molar-refractivity contribution is 5.83. The van der Waals surface area contributed by atoms with E-state index in [1.807, 2.05) is 36.5 Å². The Kier molecular flexibility index (Phi) is 5.49. The molecule has 2 N–H and O–H groups in total. The van der Waals surface area contributed by atoms with E-state index in [1.54, 1.807) is 6.20 Å². The van der Waals surface area contributed by atoms with Gasteiger partial charge in [0.15, 0.2) is 0 Å². The molecule has 0 bridgehead atoms. The van der Waals surface area contributed by atoms with Crippen LogP contribution in [0.4, 0.5) is 0 Å². The van der Waals surface area contributed by atoms with Crippen LogP contribution in [0.1, 0.15) is 44.0 Å². The fourth-order valence-electron chi connectivity index (χ4n) is 3.17. The Bertz CT molecular complexity index is 823. The molecule has 3 rings (SSSR count). The van der Waals surface area contributed by atoms with Crippen LogP contribution in [-0.2, 0) is 11.2 Å². The lowest BCUT2D eigenvalue weighted by Gasteiger charge is -2.21. The highest BCUT2D eigenvalue weighted by Gasteiger charge is 2.19. The first kappa shape index (κ1) is 17.2. The number of rotatable bonds is 7. The maximum absolute atomic E-state index is 12.4. The molecule has 0 aliphatic carbocycles. The molecule has 1 aromatic carbocycles. The van der Waals surface area contributed by atoms with Crippen LogP contribution in [0, 0.1) is 5.92 Å². The molecular formula is C21H25N3O. The van der Waals surface area contributed by atoms with E-state index in [9.17, 15) is 4.79 Å². The third-order valence-electron chi connectivity index (χ3n) is 4.51. The number of para-hydroxylation sites is 1. The van der Waals surface area contributed by atoms with Crippen LogP contribution >= 0.6 is 0 Å². The normalized spacial score (nSPS) is 12.4. The number of amides is 1. The molecule has 0 radical (unpaired) electrons. The summed E-state index contributed by atoms with van der Waals surface area (Å²) in [4.78, 5) is 20.1. The number of aromatic amines is 1. The number of carbonyl (C=O) groups is 1. The van der Waals surface area contributed by atoms with Gasteiger partial charge in [0.25, 0.3) is 0 Å². The second kappa shape index (κ2) is 7.97. The van der Waals surface area contributed by atoms with E-state index in [0.29, 0.717) is 12.3 Å². The monoisotopic (exact) mass is 335 g/mol. The van der Waals surface area contributed by atoms with Crippen LogP contribution < -0.4 is 5.32 Å². The lowest BCUT2D eigenvalue weighted by atomic mass is 9.99. The Balaban J connectivity index is 1.55. The Morgan fingerprint density at radius 1 is 1.16 bits per heavy atom. The zero-order valence-corrected chi connectivity index (χ0v) is 14.8. The summed E-state index contributed by atoms with van der Waals surface area (Å²) in [7, 11) is 0. The topological polar surface area (TPSA) is 57.8 Å². The van der Waals surface area contributed by atoms with Gasteiger partial charge in [0.1, 0.15) is 0 Å². The molecule has 25 heavy (non-hydrogen) atoms. The molecule has 0 spiro atoms. The highest BCUT2D eigenvalue weighted by atomic mass is 16.1. The summed E-state index contributed by atoms with van der Waals surface area (Å²) in [5.41, 5.74) is 3.34. The van der Waals surface area contributed by atoms with E-state index >= 15 is 0 Å². The number of pyridine rings is 1. The Labute approximate surface area is 148 Å². The summed E-state index contributed by atoms with van der Waals surface area (Å²) in [5.74, 6) is 0.386. The average molecular weight is 335 g/mol. The molecule has 2 heterocycles. The van der Waals surface area contributed by atoms with Gasteiger partial charge in [0.05, 0.1) is 11.7 Å². The van der Waals surface area contributed by atoms with Crippen molar-refractivity contribution in [2.75, 3.05) is 0 Å². The predicted octanol–water partition coefficient (Wildman–Crippen LogP) is 4.40. The van der Waals surface area contributed by atoms with Crippen LogP contribution in [-0.4, -0.2) is 15.9 Å². The van der Waals surface area contributed by atoms with Gasteiger partial charge >= 0.3 is 0 Å². The molecule has 2 aromatic heterocycles. The maximum Gasteiger partial charge on any atom is 0.220 e. The van der Waals surface area contributed by atoms with Gasteiger partial charge in [-0.2, -0.15) is 0 Å². The Morgan fingerprint density at radius 3 is 2.72 bits per heavy atom. The number of nitrogens with one attached hydrogen (secondary N) is 2. The van der Waals surface area contributed by atoms with Crippen molar-refractivity contribution in [3.63, 3.8) is 0 Å². The van der Waals surface area contributed by atoms with Gasteiger partial charge in [-0.05, 0) is 42.5 Å². The van der Waals surface area contributed by atoms with Crippen LogP contribution in [0.25, 0.3) is 10.9 Å². The first-order chi connectivity index (χ1) is 12.1. The van der Waals surface area contributed by atoms with Crippen LogP contribution in [0.2, 0.25) is 0 Å². The molecule has 1 unspecified atom stereocenters. The minimum Gasteiger partial charge on any atom is -0.361 e. The fourth-order valence-corrected chi connectivity index (χ4v) is 3.17. The first-order valence-corrected chi connectivity index (χ1v) is 8.90. The van der Waals surface area contributed by atoms with E-state index in [0.717, 1.165) is 24.1 Å². The molecule has 1 amide bonds. The summed E-state index contributed by atoms with van der Waals surface area (Å²) in [6, 6.07) is 14.1. The van der Waals surface area contributed by atoms with Crippen molar-refractivity contribution in [2.24, 2.45) is 5.92 Å². The fraction of sp³-hybridized carbons (Fsp3) is 0.333. The van der Waals surface area contributed by atoms with E-state index in [1.165, 1.54) is 10.9 Å².